The first-order chi connectivity index (χ1) is 34.8. The van der Waals surface area contributed by atoms with Gasteiger partial charge >= 0.3 is 11.9 Å². The maximum Gasteiger partial charge on any atom is 0.332 e. The molecule has 1 aliphatic carbocycles. The van der Waals surface area contributed by atoms with Gasteiger partial charge in [-0.1, -0.05) is 84.4 Å². The van der Waals surface area contributed by atoms with Crippen LogP contribution < -0.4 is 31.9 Å². The standard InChI is InChI=1S/C52H75N7O15/c1-11-28(5)40-47(66)58-43-34-18-20-35(21-19-34)74-32(9)52(71,12-2)23-22-38(61)53-25-39(62)72-26-36(51(70)73-31(8)42(49(68)55-40)57-45(64)29(6)44(63)27(3)4)54-48(67)41(30(7)60)56-46(65)37(59(10)50(43)69)24-33-16-14-13-15-17-33/h13-18,20,22-23,27-32,36-37,40-44,60,63,71H,11-12,19,21,24-26H2,1-10H3,(H,53,61)(H,54,67)(H,55,68)(H,56,65)(H,57,64)(H,58,66)/b23-22+/t28-,29+,30+,31+,32+,36-,37-,40+,41+,42-,43-,44+,52+/m0/s1. The molecule has 13 atom stereocenters. The second-order valence-electron chi connectivity index (χ2n) is 19.6. The van der Waals surface area contributed by atoms with Crippen LogP contribution in [0.1, 0.15) is 93.6 Å². The molecule has 408 valence electrons. The Labute approximate surface area is 431 Å². The first-order valence-corrected chi connectivity index (χ1v) is 25.1. The number of cyclic esters (lactones) is 1. The molecule has 22 heteroatoms. The van der Waals surface area contributed by atoms with Crippen molar-refractivity contribution >= 4 is 53.3 Å². The highest BCUT2D eigenvalue weighted by Crippen LogP contribution is 2.29. The zero-order valence-electron chi connectivity index (χ0n) is 43.8. The smallest absolute Gasteiger partial charge is 0.332 e. The fraction of sp³-hybridized carbons (Fsp3) is 0.596. The summed E-state index contributed by atoms with van der Waals surface area (Å²) < 4.78 is 17.3. The van der Waals surface area contributed by atoms with E-state index in [1.54, 1.807) is 84.0 Å². The number of nitrogens with zero attached hydrogens (tertiary/aromatic N) is 1. The molecule has 1 fully saturated rings. The van der Waals surface area contributed by atoms with Crippen LogP contribution in [0.25, 0.3) is 0 Å². The summed E-state index contributed by atoms with van der Waals surface area (Å²) in [5.74, 6) is -10.7. The number of likely N-dealkylation sites (N-methyl/N-ethyl adjacent to an activating group) is 1. The van der Waals surface area contributed by atoms with Gasteiger partial charge in [-0.3, -0.25) is 38.4 Å². The van der Waals surface area contributed by atoms with Crippen molar-refractivity contribution in [3.05, 3.63) is 71.5 Å². The number of aliphatic hydroxyl groups is 3. The van der Waals surface area contributed by atoms with Gasteiger partial charge in [0, 0.05) is 26.0 Å². The molecule has 9 N–H and O–H groups in total. The first-order valence-electron chi connectivity index (χ1n) is 25.1. The molecule has 74 heavy (non-hydrogen) atoms. The van der Waals surface area contributed by atoms with Crippen LogP contribution in [0.5, 0.6) is 0 Å². The number of benzene rings is 1. The number of carbonyl (C=O) groups is 9. The molecule has 4 bridgehead atoms. The average Bonchev–Trinajstić information content (AvgIpc) is 3.37. The molecule has 0 saturated carbocycles. The molecule has 3 aliphatic heterocycles. The van der Waals surface area contributed by atoms with Gasteiger partial charge in [0.2, 0.25) is 41.4 Å². The monoisotopic (exact) mass is 1040 g/mol. The second kappa shape index (κ2) is 27.0. The first kappa shape index (κ1) is 59.9. The average molecular weight is 1040 g/mol. The molecule has 3 heterocycles. The molecule has 0 radical (unpaired) electrons. The van der Waals surface area contributed by atoms with Crippen LogP contribution in [0.15, 0.2) is 66.0 Å². The molecule has 5 rings (SSSR count). The number of hydrogen-bond donors (Lipinski definition) is 9. The third-order valence-electron chi connectivity index (χ3n) is 13.8. The van der Waals surface area contributed by atoms with E-state index < -0.39 is 150 Å². The van der Waals surface area contributed by atoms with Gasteiger partial charge in [0.05, 0.1) is 23.9 Å². The molecular weight excluding hydrogens is 963 g/mol. The van der Waals surface area contributed by atoms with Gasteiger partial charge < -0.3 is 66.3 Å². The molecule has 0 spiro atoms. The van der Waals surface area contributed by atoms with E-state index in [1.807, 2.05) is 0 Å². The van der Waals surface area contributed by atoms with Gasteiger partial charge in [0.25, 0.3) is 0 Å². The Hall–Kier alpha value is -6.65. The van der Waals surface area contributed by atoms with Crippen LogP contribution in [0.2, 0.25) is 0 Å². The maximum atomic E-state index is 15.2. The fourth-order valence-corrected chi connectivity index (χ4v) is 8.43. The lowest BCUT2D eigenvalue weighted by Gasteiger charge is -2.35. The lowest BCUT2D eigenvalue weighted by molar-refractivity contribution is -0.160. The van der Waals surface area contributed by atoms with Crippen molar-refractivity contribution in [3.63, 3.8) is 0 Å². The van der Waals surface area contributed by atoms with E-state index in [0.717, 1.165) is 11.0 Å². The van der Waals surface area contributed by atoms with Gasteiger partial charge in [-0.05, 0) is 68.7 Å². The Kier molecular flexibility index (Phi) is 21.9. The van der Waals surface area contributed by atoms with Crippen molar-refractivity contribution in [2.45, 2.75) is 161 Å². The minimum absolute atomic E-state index is 0.0835. The highest BCUT2D eigenvalue weighted by molar-refractivity contribution is 5.99. The van der Waals surface area contributed by atoms with Gasteiger partial charge in [-0.2, -0.15) is 0 Å². The highest BCUT2D eigenvalue weighted by Gasteiger charge is 2.42. The summed E-state index contributed by atoms with van der Waals surface area (Å²) in [5.41, 5.74) is -0.786. The molecule has 22 nitrogen and oxygen atoms in total. The number of aliphatic hydroxyl groups excluding tert-OH is 2. The van der Waals surface area contributed by atoms with E-state index >= 15 is 4.79 Å². The summed E-state index contributed by atoms with van der Waals surface area (Å²) >= 11 is 0. The van der Waals surface area contributed by atoms with Gasteiger partial charge in [0.1, 0.15) is 61.2 Å². The fourth-order valence-electron chi connectivity index (χ4n) is 8.43. The van der Waals surface area contributed by atoms with Crippen LogP contribution in [-0.4, -0.2) is 160 Å². The van der Waals surface area contributed by atoms with Crippen LogP contribution in [-0.2, 0) is 63.8 Å². The van der Waals surface area contributed by atoms with E-state index in [2.05, 4.69) is 31.9 Å². The number of hydrogen-bond acceptors (Lipinski definition) is 15. The van der Waals surface area contributed by atoms with Crippen molar-refractivity contribution in [3.8, 4) is 0 Å². The summed E-state index contributed by atoms with van der Waals surface area (Å²) in [6.45, 7) is 12.1. The topological polar surface area (TPSA) is 317 Å². The molecule has 0 unspecified atom stereocenters. The molecule has 1 aromatic rings. The number of nitrogens with one attached hydrogen (secondary N) is 6. The summed E-state index contributed by atoms with van der Waals surface area (Å²) in [7, 11) is 1.33. The largest absolute Gasteiger partial charge is 0.492 e. The molecule has 7 amide bonds. The minimum Gasteiger partial charge on any atom is -0.492 e. The third-order valence-corrected chi connectivity index (χ3v) is 13.8. The highest BCUT2D eigenvalue weighted by atomic mass is 16.6. The summed E-state index contributed by atoms with van der Waals surface area (Å²) in [6, 6.07) is -1.38. The minimum atomic E-state index is -1.96. The maximum absolute atomic E-state index is 15.2. The SMILES string of the molecule is CC[C@H](C)[C@H]1NC(=O)[C@@H](NC(=O)[C@H](C)[C@H](O)C(C)C)[C@@H](C)OC(=O)[C@@H]2COC(=O)CNC(=O)/C=C/[C@](O)(CC)[C@@H](C)OC3=CC=C(CC3)[C@H](NC1=O)C(=O)N(C)[C@@H](Cc1ccccc1)C(=O)N[C@H]([C@@H](C)O)C(=O)N2. The summed E-state index contributed by atoms with van der Waals surface area (Å²) in [5, 5.41) is 48.7. The lowest BCUT2D eigenvalue weighted by Crippen LogP contribution is -2.62. The Morgan fingerprint density at radius 3 is 2.08 bits per heavy atom. The van der Waals surface area contributed by atoms with Crippen LogP contribution in [0, 0.1) is 17.8 Å². The Morgan fingerprint density at radius 2 is 1.49 bits per heavy atom. The van der Waals surface area contributed by atoms with E-state index in [9.17, 15) is 53.7 Å². The van der Waals surface area contributed by atoms with E-state index in [-0.39, 0.29) is 25.7 Å². The number of rotatable bonds is 10. The predicted octanol–water partition coefficient (Wildman–Crippen LogP) is -0.115. The summed E-state index contributed by atoms with van der Waals surface area (Å²) in [4.78, 5) is 129. The Bertz CT molecular complexity index is 2300. The third kappa shape index (κ3) is 15.9. The van der Waals surface area contributed by atoms with Crippen LogP contribution >= 0.6 is 0 Å². The quantitative estimate of drug-likeness (QED) is 0.138. The van der Waals surface area contributed by atoms with Crippen molar-refractivity contribution in [2.24, 2.45) is 17.8 Å². The lowest BCUT2D eigenvalue weighted by atomic mass is 9.92. The molecule has 0 aromatic heterocycles. The molecule has 1 saturated heterocycles. The predicted molar refractivity (Wildman–Crippen MR) is 267 cm³/mol. The van der Waals surface area contributed by atoms with Gasteiger partial charge in [-0.15, -0.1) is 0 Å². The number of carbonyl (C=O) groups excluding carboxylic acids is 9. The summed E-state index contributed by atoms with van der Waals surface area (Å²) in [6.07, 6.45) is 0.343. The Balaban J connectivity index is 2.02. The van der Waals surface area contributed by atoms with E-state index in [0.29, 0.717) is 23.3 Å². The van der Waals surface area contributed by atoms with Crippen molar-refractivity contribution < 1.29 is 72.7 Å². The normalized spacial score (nSPS) is 29.6. The van der Waals surface area contributed by atoms with Crippen LogP contribution in [0.4, 0.5) is 0 Å². The van der Waals surface area contributed by atoms with Crippen molar-refractivity contribution in [2.75, 3.05) is 20.2 Å². The number of fused-ring (bicyclic) bond motifs is 11. The molecular formula is C52H75N7O15. The number of esters is 2. The van der Waals surface area contributed by atoms with E-state index in [1.165, 1.54) is 33.9 Å². The Morgan fingerprint density at radius 1 is 0.838 bits per heavy atom. The van der Waals surface area contributed by atoms with Gasteiger partial charge in [0.15, 0.2) is 6.04 Å². The van der Waals surface area contributed by atoms with Crippen LogP contribution in [0.3, 0.4) is 0 Å². The van der Waals surface area contributed by atoms with Crippen molar-refractivity contribution in [1.82, 2.24) is 36.8 Å². The number of amides is 7. The van der Waals surface area contributed by atoms with E-state index in [4.69, 9.17) is 14.2 Å². The van der Waals surface area contributed by atoms with Crippen molar-refractivity contribution in [1.29, 1.82) is 0 Å². The second-order valence-corrected chi connectivity index (χ2v) is 19.6. The molecule has 4 aliphatic rings. The van der Waals surface area contributed by atoms with Gasteiger partial charge in [-0.25, -0.2) is 4.79 Å². The number of ether oxygens (including phenoxy) is 3. The zero-order valence-corrected chi connectivity index (χ0v) is 43.8. The zero-order chi connectivity index (χ0) is 55.2. The number of allylic oxidation sites excluding steroid dienone is 3. The molecule has 1 aromatic carbocycles.